The molecule has 2 N–H and O–H groups in total. The van der Waals surface area contributed by atoms with E-state index in [0.717, 1.165) is 12.8 Å². The second-order valence-electron chi connectivity index (χ2n) is 4.17. The molecule has 5 nitrogen and oxygen atoms in total. The Morgan fingerprint density at radius 2 is 2.22 bits per heavy atom. The number of para-hydroxylation sites is 2. The van der Waals surface area contributed by atoms with Crippen LogP contribution in [-0.2, 0) is 0 Å². The third-order valence-electron chi connectivity index (χ3n) is 2.87. The molecule has 1 aliphatic rings. The minimum absolute atomic E-state index is 0.0388. The Labute approximate surface area is 106 Å². The molecule has 2 amide bonds. The van der Waals surface area contributed by atoms with Gasteiger partial charge < -0.3 is 15.4 Å². The van der Waals surface area contributed by atoms with Gasteiger partial charge in [-0.15, -0.1) is 0 Å². The molecular formula is C13H15N3O2. The van der Waals surface area contributed by atoms with Crippen LogP contribution in [-0.4, -0.2) is 18.7 Å². The number of benzene rings is 1. The largest absolute Gasteiger partial charge is 0.477 e. The van der Waals surface area contributed by atoms with E-state index in [1.807, 2.05) is 6.07 Å². The quantitative estimate of drug-likeness (QED) is 0.854. The summed E-state index contributed by atoms with van der Waals surface area (Å²) in [4.78, 5) is 11.7. The third kappa shape index (κ3) is 3.14. The van der Waals surface area contributed by atoms with Gasteiger partial charge in [0.1, 0.15) is 11.8 Å². The van der Waals surface area contributed by atoms with E-state index >= 15 is 0 Å². The number of hydrogen-bond acceptors (Lipinski definition) is 3. The lowest BCUT2D eigenvalue weighted by Crippen LogP contribution is -2.41. The Hall–Kier alpha value is -2.22. The van der Waals surface area contributed by atoms with Crippen LogP contribution in [0.3, 0.4) is 0 Å². The molecule has 0 heterocycles. The highest BCUT2D eigenvalue weighted by molar-refractivity contribution is 5.91. The first-order valence-corrected chi connectivity index (χ1v) is 5.96. The van der Waals surface area contributed by atoms with Gasteiger partial charge in [0.05, 0.1) is 5.69 Å². The standard InChI is InChI=1S/C13H15N3O2/c14-8-9-18-12-7-2-1-6-11(12)16-13(17)15-10-4-3-5-10/h1-2,6-7,10H,3-5,9H2,(H2,15,16,17). The summed E-state index contributed by atoms with van der Waals surface area (Å²) >= 11 is 0. The van der Waals surface area contributed by atoms with Crippen molar-refractivity contribution < 1.29 is 9.53 Å². The van der Waals surface area contributed by atoms with Crippen molar-refractivity contribution in [1.82, 2.24) is 5.32 Å². The van der Waals surface area contributed by atoms with E-state index in [9.17, 15) is 4.79 Å². The summed E-state index contributed by atoms with van der Waals surface area (Å²) in [6, 6.07) is 9.02. The van der Waals surface area contributed by atoms with E-state index in [1.54, 1.807) is 24.3 Å². The predicted octanol–water partition coefficient (Wildman–Crippen LogP) is 2.26. The molecule has 0 aromatic heterocycles. The molecule has 1 aromatic rings. The molecule has 5 heteroatoms. The normalized spacial score (nSPS) is 14.2. The molecule has 0 atom stereocenters. The van der Waals surface area contributed by atoms with Crippen molar-refractivity contribution in [2.75, 3.05) is 11.9 Å². The van der Waals surface area contributed by atoms with Crippen LogP contribution < -0.4 is 15.4 Å². The van der Waals surface area contributed by atoms with Crippen LogP contribution in [0.1, 0.15) is 19.3 Å². The lowest BCUT2D eigenvalue weighted by Gasteiger charge is -2.26. The number of nitriles is 1. The summed E-state index contributed by atoms with van der Waals surface area (Å²) in [6.07, 6.45) is 3.26. The van der Waals surface area contributed by atoms with Crippen LogP contribution in [0, 0.1) is 11.3 Å². The lowest BCUT2D eigenvalue weighted by molar-refractivity contribution is 0.240. The Kier molecular flexibility index (Phi) is 4.02. The summed E-state index contributed by atoms with van der Waals surface area (Å²) < 4.78 is 5.23. The topological polar surface area (TPSA) is 74.1 Å². The summed E-state index contributed by atoms with van der Waals surface area (Å²) in [5.74, 6) is 0.503. The first-order valence-electron chi connectivity index (χ1n) is 5.96. The Morgan fingerprint density at radius 3 is 2.89 bits per heavy atom. The molecule has 1 aliphatic carbocycles. The third-order valence-corrected chi connectivity index (χ3v) is 2.87. The Morgan fingerprint density at radius 1 is 1.44 bits per heavy atom. The van der Waals surface area contributed by atoms with Gasteiger partial charge >= 0.3 is 6.03 Å². The molecule has 1 aromatic carbocycles. The van der Waals surface area contributed by atoms with Crippen molar-refractivity contribution in [2.45, 2.75) is 25.3 Å². The maximum atomic E-state index is 11.7. The Bertz CT molecular complexity index is 464. The number of carbonyl (C=O) groups excluding carboxylic acids is 1. The molecule has 1 saturated carbocycles. The predicted molar refractivity (Wildman–Crippen MR) is 67.3 cm³/mol. The minimum Gasteiger partial charge on any atom is -0.477 e. The van der Waals surface area contributed by atoms with Gasteiger partial charge in [-0.2, -0.15) is 5.26 Å². The van der Waals surface area contributed by atoms with Crippen molar-refractivity contribution in [1.29, 1.82) is 5.26 Å². The molecule has 2 rings (SSSR count). The zero-order valence-corrected chi connectivity index (χ0v) is 9.98. The van der Waals surface area contributed by atoms with Gasteiger partial charge in [0.15, 0.2) is 6.61 Å². The van der Waals surface area contributed by atoms with Crippen molar-refractivity contribution in [3.8, 4) is 11.8 Å². The highest BCUT2D eigenvalue weighted by atomic mass is 16.5. The zero-order chi connectivity index (χ0) is 12.8. The van der Waals surface area contributed by atoms with Crippen LogP contribution in [0.4, 0.5) is 10.5 Å². The van der Waals surface area contributed by atoms with Crippen LogP contribution in [0.15, 0.2) is 24.3 Å². The molecule has 0 saturated heterocycles. The number of hydrogen-bond donors (Lipinski definition) is 2. The molecular weight excluding hydrogens is 230 g/mol. The van der Waals surface area contributed by atoms with E-state index in [2.05, 4.69) is 10.6 Å². The van der Waals surface area contributed by atoms with Crippen LogP contribution in [0.2, 0.25) is 0 Å². The number of anilines is 1. The van der Waals surface area contributed by atoms with Gasteiger partial charge in [-0.3, -0.25) is 0 Å². The molecule has 0 spiro atoms. The van der Waals surface area contributed by atoms with Gasteiger partial charge in [0.2, 0.25) is 0 Å². The fourth-order valence-electron chi connectivity index (χ4n) is 1.70. The molecule has 0 bridgehead atoms. The summed E-state index contributed by atoms with van der Waals surface area (Å²) in [7, 11) is 0. The fraction of sp³-hybridized carbons (Fsp3) is 0.385. The number of nitrogens with zero attached hydrogens (tertiary/aromatic N) is 1. The van der Waals surface area contributed by atoms with E-state index in [1.165, 1.54) is 6.42 Å². The van der Waals surface area contributed by atoms with Crippen LogP contribution in [0.5, 0.6) is 5.75 Å². The van der Waals surface area contributed by atoms with Gasteiger partial charge in [-0.05, 0) is 31.4 Å². The van der Waals surface area contributed by atoms with Crippen molar-refractivity contribution in [3.63, 3.8) is 0 Å². The van der Waals surface area contributed by atoms with Crippen molar-refractivity contribution >= 4 is 11.7 Å². The van der Waals surface area contributed by atoms with Gasteiger partial charge in [0, 0.05) is 6.04 Å². The van der Waals surface area contributed by atoms with Gasteiger partial charge in [-0.1, -0.05) is 12.1 Å². The first-order chi connectivity index (χ1) is 8.79. The smallest absolute Gasteiger partial charge is 0.319 e. The SMILES string of the molecule is N#CCOc1ccccc1NC(=O)NC1CCC1. The first kappa shape index (κ1) is 12.2. The molecule has 18 heavy (non-hydrogen) atoms. The highest BCUT2D eigenvalue weighted by Crippen LogP contribution is 2.24. The molecule has 0 aliphatic heterocycles. The number of ether oxygens (including phenoxy) is 1. The number of carbonyl (C=O) groups is 1. The molecule has 1 fully saturated rings. The maximum absolute atomic E-state index is 11.7. The summed E-state index contributed by atoms with van der Waals surface area (Å²) in [6.45, 7) is -0.0388. The maximum Gasteiger partial charge on any atom is 0.319 e. The minimum atomic E-state index is -0.229. The van der Waals surface area contributed by atoms with E-state index in [4.69, 9.17) is 10.00 Å². The van der Waals surface area contributed by atoms with E-state index in [-0.39, 0.29) is 18.7 Å². The molecule has 94 valence electrons. The monoisotopic (exact) mass is 245 g/mol. The van der Waals surface area contributed by atoms with Crippen LogP contribution in [0.25, 0.3) is 0 Å². The van der Waals surface area contributed by atoms with Gasteiger partial charge in [0.25, 0.3) is 0 Å². The average Bonchev–Trinajstić information content (AvgIpc) is 2.33. The number of rotatable bonds is 4. The lowest BCUT2D eigenvalue weighted by atomic mass is 9.93. The van der Waals surface area contributed by atoms with Crippen molar-refractivity contribution in [3.05, 3.63) is 24.3 Å². The van der Waals surface area contributed by atoms with Crippen molar-refractivity contribution in [2.24, 2.45) is 0 Å². The highest BCUT2D eigenvalue weighted by Gasteiger charge is 2.19. The average molecular weight is 245 g/mol. The second kappa shape index (κ2) is 5.92. The van der Waals surface area contributed by atoms with Gasteiger partial charge in [-0.25, -0.2) is 4.79 Å². The zero-order valence-electron chi connectivity index (χ0n) is 9.98. The Balaban J connectivity index is 1.94. The molecule has 0 unspecified atom stereocenters. The summed E-state index contributed by atoms with van der Waals surface area (Å²) in [5, 5.41) is 14.1. The molecule has 0 radical (unpaired) electrons. The second-order valence-corrected chi connectivity index (χ2v) is 4.17. The fourth-order valence-corrected chi connectivity index (χ4v) is 1.70. The number of amides is 2. The van der Waals surface area contributed by atoms with E-state index in [0.29, 0.717) is 11.4 Å². The number of urea groups is 1. The van der Waals surface area contributed by atoms with E-state index < -0.39 is 0 Å². The van der Waals surface area contributed by atoms with Crippen LogP contribution >= 0.6 is 0 Å². The summed E-state index contributed by atoms with van der Waals surface area (Å²) in [5.41, 5.74) is 0.574. The number of nitrogens with one attached hydrogen (secondary N) is 2.